The van der Waals surface area contributed by atoms with Crippen LogP contribution in [0.1, 0.15) is 31.7 Å². The van der Waals surface area contributed by atoms with Crippen LogP contribution in [0.3, 0.4) is 0 Å². The van der Waals surface area contributed by atoms with Crippen LogP contribution < -0.4 is 4.48 Å². The zero-order valence-corrected chi connectivity index (χ0v) is 9.96. The van der Waals surface area contributed by atoms with E-state index in [0.717, 1.165) is 4.48 Å². The van der Waals surface area contributed by atoms with Crippen LogP contribution >= 0.6 is 0 Å². The Morgan fingerprint density at radius 3 is 2.53 bits per heavy atom. The fraction of sp³-hybridized carbons (Fsp3) is 0.429. The largest absolute Gasteiger partial charge is 0.267 e. The van der Waals surface area contributed by atoms with E-state index in [0.29, 0.717) is 0 Å². The number of benzene rings is 1. The third-order valence-electron chi connectivity index (χ3n) is 3.37. The van der Waals surface area contributed by atoms with Crippen molar-refractivity contribution in [1.82, 2.24) is 4.48 Å². The Hall–Kier alpha value is -1.08. The summed E-state index contributed by atoms with van der Waals surface area (Å²) in [5, 5.41) is 0. The molecule has 0 radical (unpaired) electrons. The van der Waals surface area contributed by atoms with Crippen LogP contribution in [0.25, 0.3) is 6.08 Å². The van der Waals surface area contributed by atoms with Gasteiger partial charge in [-0.05, 0) is 12.5 Å². The summed E-state index contributed by atoms with van der Waals surface area (Å²) < 4.78 is 0.941. The molecule has 0 amide bonds. The Morgan fingerprint density at radius 2 is 1.87 bits per heavy atom. The Morgan fingerprint density at radius 1 is 1.13 bits per heavy atom. The fourth-order valence-electron chi connectivity index (χ4n) is 2.32. The van der Waals surface area contributed by atoms with Crippen LogP contribution in [0.2, 0.25) is 0 Å². The minimum atomic E-state index is 0.941. The molecule has 0 spiro atoms. The summed E-state index contributed by atoms with van der Waals surface area (Å²) >= 11 is 0. The monoisotopic (exact) mass is 202 g/mol. The van der Waals surface area contributed by atoms with Gasteiger partial charge in [-0.25, -0.2) is 0 Å². The number of para-hydroxylation sites is 1. The number of hydrogen-bond acceptors (Lipinski definition) is 0. The molecule has 0 aromatic heterocycles. The molecule has 0 unspecified atom stereocenters. The number of allylic oxidation sites excluding steroid dienone is 1. The lowest BCUT2D eigenvalue weighted by molar-refractivity contribution is 0.478. The molecular weight excluding hydrogens is 182 g/mol. The van der Waals surface area contributed by atoms with Gasteiger partial charge in [0.15, 0.2) is 0 Å². The molecule has 1 aromatic rings. The van der Waals surface area contributed by atoms with Crippen LogP contribution in [-0.4, -0.2) is 14.1 Å². The summed E-state index contributed by atoms with van der Waals surface area (Å²) in [6, 6.07) is 8.71. The van der Waals surface area contributed by atoms with Crippen LogP contribution in [0, 0.1) is 0 Å². The summed E-state index contributed by atoms with van der Waals surface area (Å²) in [4.78, 5) is 0. The van der Waals surface area contributed by atoms with Crippen LogP contribution in [0.4, 0.5) is 5.69 Å². The van der Waals surface area contributed by atoms with E-state index in [1.165, 1.54) is 36.2 Å². The third-order valence-corrected chi connectivity index (χ3v) is 3.37. The Bertz CT molecular complexity index is 388. The van der Waals surface area contributed by atoms with Crippen molar-refractivity contribution in [3.63, 3.8) is 0 Å². The maximum Gasteiger partial charge on any atom is 0.144 e. The van der Waals surface area contributed by atoms with Gasteiger partial charge in [-0.1, -0.05) is 25.5 Å². The Kier molecular flexibility index (Phi) is 2.66. The summed E-state index contributed by atoms with van der Waals surface area (Å²) in [6.07, 6.45) is 6.15. The van der Waals surface area contributed by atoms with E-state index in [1.54, 1.807) is 0 Å². The van der Waals surface area contributed by atoms with Crippen molar-refractivity contribution in [3.05, 3.63) is 35.5 Å². The highest BCUT2D eigenvalue weighted by atomic mass is 15.3. The maximum absolute atomic E-state index is 2.37. The lowest BCUT2D eigenvalue weighted by Crippen LogP contribution is -2.37. The smallest absolute Gasteiger partial charge is 0.144 e. The zero-order chi connectivity index (χ0) is 10.9. The quantitative estimate of drug-likeness (QED) is 0.654. The standard InChI is InChI=1S/C14H20N/c1-4-5-9-13-11-12-8-6-7-10-14(12)15(13,2)3/h6-8,10-11H,4-5,9H2,1-3H3/q+1. The lowest BCUT2D eigenvalue weighted by atomic mass is 10.2. The predicted molar refractivity (Wildman–Crippen MR) is 67.6 cm³/mol. The number of fused-ring (bicyclic) bond motifs is 1. The molecule has 0 N–H and O–H groups in total. The lowest BCUT2D eigenvalue weighted by Gasteiger charge is -2.27. The van der Waals surface area contributed by atoms with Crippen molar-refractivity contribution in [2.45, 2.75) is 26.2 Å². The van der Waals surface area contributed by atoms with Crippen LogP contribution in [0.5, 0.6) is 0 Å². The summed E-state index contributed by atoms with van der Waals surface area (Å²) in [6.45, 7) is 2.25. The van der Waals surface area contributed by atoms with Gasteiger partial charge in [-0.15, -0.1) is 0 Å². The highest BCUT2D eigenvalue weighted by molar-refractivity contribution is 5.75. The van der Waals surface area contributed by atoms with Gasteiger partial charge in [-0.2, -0.15) is 0 Å². The average molecular weight is 202 g/mol. The molecule has 0 fully saturated rings. The van der Waals surface area contributed by atoms with Gasteiger partial charge in [0, 0.05) is 24.1 Å². The molecule has 1 aliphatic heterocycles. The first kappa shape index (κ1) is 10.4. The zero-order valence-electron chi connectivity index (χ0n) is 9.96. The molecular formula is C14H20N+. The van der Waals surface area contributed by atoms with Crippen LogP contribution in [0.15, 0.2) is 30.0 Å². The first-order valence-electron chi connectivity index (χ1n) is 5.81. The molecule has 1 heterocycles. The van der Waals surface area contributed by atoms with E-state index >= 15 is 0 Å². The second-order valence-electron chi connectivity index (χ2n) is 4.75. The molecule has 1 aromatic carbocycles. The van der Waals surface area contributed by atoms with E-state index < -0.39 is 0 Å². The van der Waals surface area contributed by atoms with E-state index in [2.05, 4.69) is 51.4 Å². The molecule has 1 aliphatic rings. The van der Waals surface area contributed by atoms with E-state index in [1.807, 2.05) is 0 Å². The molecule has 0 aliphatic carbocycles. The minimum Gasteiger partial charge on any atom is -0.267 e. The van der Waals surface area contributed by atoms with Gasteiger partial charge in [0.1, 0.15) is 11.4 Å². The molecule has 15 heavy (non-hydrogen) atoms. The molecule has 0 saturated heterocycles. The van der Waals surface area contributed by atoms with Gasteiger partial charge >= 0.3 is 0 Å². The van der Waals surface area contributed by atoms with Gasteiger partial charge in [0.25, 0.3) is 0 Å². The van der Waals surface area contributed by atoms with Crippen molar-refractivity contribution >= 4 is 11.8 Å². The predicted octanol–water partition coefficient (Wildman–Crippen LogP) is 3.80. The second-order valence-corrected chi connectivity index (χ2v) is 4.75. The molecule has 1 nitrogen and oxygen atoms in total. The van der Waals surface area contributed by atoms with Gasteiger partial charge in [0.2, 0.25) is 0 Å². The van der Waals surface area contributed by atoms with Crippen molar-refractivity contribution < 1.29 is 0 Å². The highest BCUT2D eigenvalue weighted by Crippen LogP contribution is 2.38. The summed E-state index contributed by atoms with van der Waals surface area (Å²) in [5.41, 5.74) is 4.37. The summed E-state index contributed by atoms with van der Waals surface area (Å²) in [7, 11) is 4.57. The van der Waals surface area contributed by atoms with Gasteiger partial charge in [-0.3, -0.25) is 4.48 Å². The Labute approximate surface area is 92.6 Å². The maximum atomic E-state index is 2.37. The topological polar surface area (TPSA) is 0 Å². The number of unbranched alkanes of at least 4 members (excludes halogenated alkanes) is 1. The normalized spacial score (nSPS) is 17.4. The molecule has 80 valence electrons. The first-order valence-corrected chi connectivity index (χ1v) is 5.81. The van der Waals surface area contributed by atoms with Gasteiger partial charge in [0.05, 0.1) is 14.1 Å². The fourth-order valence-corrected chi connectivity index (χ4v) is 2.32. The SMILES string of the molecule is CCCCC1=Cc2ccccc2[N+]1(C)C. The van der Waals surface area contributed by atoms with Crippen molar-refractivity contribution in [3.8, 4) is 0 Å². The summed E-state index contributed by atoms with van der Waals surface area (Å²) in [5.74, 6) is 0. The molecule has 0 saturated carbocycles. The van der Waals surface area contributed by atoms with E-state index in [4.69, 9.17) is 0 Å². The van der Waals surface area contributed by atoms with Gasteiger partial charge < -0.3 is 0 Å². The van der Waals surface area contributed by atoms with Crippen molar-refractivity contribution in [2.24, 2.45) is 0 Å². The highest BCUT2D eigenvalue weighted by Gasteiger charge is 2.32. The van der Waals surface area contributed by atoms with Crippen molar-refractivity contribution in [1.29, 1.82) is 0 Å². The number of quaternary nitrogens is 1. The number of hydrogen-bond donors (Lipinski definition) is 0. The minimum absolute atomic E-state index is 0.941. The van der Waals surface area contributed by atoms with Crippen molar-refractivity contribution in [2.75, 3.05) is 14.1 Å². The third kappa shape index (κ3) is 1.72. The van der Waals surface area contributed by atoms with E-state index in [-0.39, 0.29) is 0 Å². The second kappa shape index (κ2) is 3.82. The van der Waals surface area contributed by atoms with Crippen LogP contribution in [-0.2, 0) is 0 Å². The van der Waals surface area contributed by atoms with E-state index in [9.17, 15) is 0 Å². The Balaban J connectivity index is 2.31. The number of nitrogens with zero attached hydrogens (tertiary/aromatic N) is 1. The first-order chi connectivity index (χ1) is 7.16. The molecule has 0 atom stereocenters. The molecule has 0 bridgehead atoms. The number of rotatable bonds is 3. The molecule has 1 heteroatoms. The average Bonchev–Trinajstić information content (AvgIpc) is 2.48. The molecule has 2 rings (SSSR count).